The predicted molar refractivity (Wildman–Crippen MR) is 173 cm³/mol. The van der Waals surface area contributed by atoms with Crippen LogP contribution in [0.15, 0.2) is 42.6 Å². The molecule has 0 spiro atoms. The lowest BCUT2D eigenvalue weighted by molar-refractivity contribution is -0.134. The average molecular weight is 628 g/mol. The van der Waals surface area contributed by atoms with Crippen LogP contribution in [-0.2, 0) is 27.9 Å². The minimum Gasteiger partial charge on any atom is -0.382 e. The van der Waals surface area contributed by atoms with Gasteiger partial charge in [0, 0.05) is 61.6 Å². The second-order valence-corrected chi connectivity index (χ2v) is 12.2. The summed E-state index contributed by atoms with van der Waals surface area (Å²) in [5, 5.41) is 15.4. The van der Waals surface area contributed by atoms with Crippen LogP contribution in [0.3, 0.4) is 0 Å². The SMILES string of the molecule is CCN1C(=O)Cc2cc(Nc3nc(N4CCC(Nc5ccc6c([C@H]7CCC(=O)NC7=O)nn(C)c6c5)CC4)ncc3Cl)ccc21. The third-order valence-electron chi connectivity index (χ3n) is 8.92. The summed E-state index contributed by atoms with van der Waals surface area (Å²) in [6, 6.07) is 12.3. The number of benzene rings is 2. The van der Waals surface area contributed by atoms with E-state index in [2.05, 4.69) is 37.0 Å². The van der Waals surface area contributed by atoms with Crippen LogP contribution >= 0.6 is 11.6 Å². The highest BCUT2D eigenvalue weighted by Gasteiger charge is 2.32. The molecule has 0 radical (unpaired) electrons. The second kappa shape index (κ2) is 11.7. The lowest BCUT2D eigenvalue weighted by Crippen LogP contribution is -2.40. The van der Waals surface area contributed by atoms with Crippen molar-refractivity contribution in [1.82, 2.24) is 25.1 Å². The Labute approximate surface area is 265 Å². The fourth-order valence-corrected chi connectivity index (χ4v) is 6.73. The van der Waals surface area contributed by atoms with Crippen molar-refractivity contribution in [2.24, 2.45) is 7.05 Å². The maximum atomic E-state index is 12.5. The van der Waals surface area contributed by atoms with Crippen molar-refractivity contribution < 1.29 is 14.4 Å². The van der Waals surface area contributed by atoms with Crippen molar-refractivity contribution >= 4 is 69.1 Å². The molecule has 2 fully saturated rings. The molecule has 0 aliphatic carbocycles. The first-order valence-electron chi connectivity index (χ1n) is 15.3. The number of anilines is 5. The molecule has 45 heavy (non-hydrogen) atoms. The highest BCUT2D eigenvalue weighted by Crippen LogP contribution is 2.34. The van der Waals surface area contributed by atoms with Crippen LogP contribution in [0, 0.1) is 0 Å². The van der Waals surface area contributed by atoms with Crippen molar-refractivity contribution in [3.05, 3.63) is 58.9 Å². The van der Waals surface area contributed by atoms with E-state index in [1.165, 1.54) is 0 Å². The van der Waals surface area contributed by atoms with Gasteiger partial charge in [-0.1, -0.05) is 11.6 Å². The van der Waals surface area contributed by atoms with Gasteiger partial charge in [0.15, 0.2) is 5.82 Å². The third kappa shape index (κ3) is 5.54. The van der Waals surface area contributed by atoms with E-state index < -0.39 is 5.92 Å². The van der Waals surface area contributed by atoms with Gasteiger partial charge in [0.2, 0.25) is 23.7 Å². The van der Waals surface area contributed by atoms with Crippen LogP contribution in [0.2, 0.25) is 5.02 Å². The molecule has 1 atom stereocenters. The van der Waals surface area contributed by atoms with Crippen molar-refractivity contribution in [1.29, 1.82) is 0 Å². The molecular weight excluding hydrogens is 594 g/mol. The van der Waals surface area contributed by atoms with Gasteiger partial charge in [-0.25, -0.2) is 4.98 Å². The molecule has 3 amide bonds. The molecule has 4 aromatic rings. The van der Waals surface area contributed by atoms with E-state index in [0.717, 1.165) is 59.5 Å². The number of aryl methyl sites for hydroxylation is 1. The molecule has 2 aromatic heterocycles. The van der Waals surface area contributed by atoms with Crippen LogP contribution in [0.5, 0.6) is 0 Å². The summed E-state index contributed by atoms with van der Waals surface area (Å²) >= 11 is 6.48. The maximum Gasteiger partial charge on any atom is 0.235 e. The number of halogens is 1. The zero-order chi connectivity index (χ0) is 31.2. The standard InChI is InChI=1S/C32H34ClN9O3/c1-3-42-25-8-5-20(14-18(25)15-28(42)44)36-30-24(33)17-34-32(38-30)41-12-10-19(11-13-41)35-21-4-6-22-26(16-21)40(2)39-29(22)23-7-9-27(43)37-31(23)45/h4-6,8,14,16-17,19,23,35H,3,7,9-13,15H2,1-2H3,(H,34,36,38)(H,37,43,45)/t23-/m1/s1. The summed E-state index contributed by atoms with van der Waals surface area (Å²) in [7, 11) is 1.88. The first-order valence-corrected chi connectivity index (χ1v) is 15.7. The van der Waals surface area contributed by atoms with Gasteiger partial charge in [-0.2, -0.15) is 10.1 Å². The van der Waals surface area contributed by atoms with Crippen molar-refractivity contribution in [2.75, 3.05) is 40.1 Å². The van der Waals surface area contributed by atoms with Crippen molar-refractivity contribution in [3.8, 4) is 0 Å². The number of aromatic nitrogens is 4. The average Bonchev–Trinajstić information content (AvgIpc) is 3.53. The Morgan fingerprint density at radius 2 is 1.84 bits per heavy atom. The van der Waals surface area contributed by atoms with Crippen LogP contribution in [-0.4, -0.2) is 63.1 Å². The molecule has 5 heterocycles. The van der Waals surface area contributed by atoms with Gasteiger partial charge >= 0.3 is 0 Å². The Morgan fingerprint density at radius 1 is 1.04 bits per heavy atom. The quantitative estimate of drug-likeness (QED) is 0.257. The van der Waals surface area contributed by atoms with E-state index in [9.17, 15) is 14.4 Å². The summed E-state index contributed by atoms with van der Waals surface area (Å²) in [6.07, 6.45) is 4.60. The molecule has 232 valence electrons. The largest absolute Gasteiger partial charge is 0.382 e. The monoisotopic (exact) mass is 627 g/mol. The number of piperidine rings is 2. The summed E-state index contributed by atoms with van der Waals surface area (Å²) in [5.74, 6) is 0.322. The highest BCUT2D eigenvalue weighted by atomic mass is 35.5. The minimum atomic E-state index is -0.425. The van der Waals surface area contributed by atoms with E-state index in [4.69, 9.17) is 16.6 Å². The van der Waals surface area contributed by atoms with Gasteiger partial charge in [-0.15, -0.1) is 0 Å². The Morgan fingerprint density at radius 3 is 2.62 bits per heavy atom. The Kier molecular flexibility index (Phi) is 7.52. The Balaban J connectivity index is 0.996. The van der Waals surface area contributed by atoms with Gasteiger partial charge in [-0.3, -0.25) is 24.4 Å². The number of nitrogens with zero attached hydrogens (tertiary/aromatic N) is 6. The van der Waals surface area contributed by atoms with E-state index in [0.29, 0.717) is 48.3 Å². The molecule has 13 heteroatoms. The molecule has 0 unspecified atom stereocenters. The van der Waals surface area contributed by atoms with E-state index >= 15 is 0 Å². The molecule has 3 aliphatic heterocycles. The summed E-state index contributed by atoms with van der Waals surface area (Å²) in [5.41, 5.74) is 5.41. The normalized spacial score (nSPS) is 18.8. The molecule has 0 bridgehead atoms. The van der Waals surface area contributed by atoms with Crippen LogP contribution in [0.4, 0.5) is 28.8 Å². The molecule has 0 saturated carbocycles. The van der Waals surface area contributed by atoms with Crippen LogP contribution in [0.1, 0.15) is 49.8 Å². The van der Waals surface area contributed by atoms with E-state index in [1.807, 2.05) is 44.3 Å². The minimum absolute atomic E-state index is 0.112. The lowest BCUT2D eigenvalue weighted by atomic mass is 9.93. The first kappa shape index (κ1) is 29.0. The molecule has 2 aromatic carbocycles. The van der Waals surface area contributed by atoms with Gasteiger partial charge in [0.1, 0.15) is 5.02 Å². The zero-order valence-corrected chi connectivity index (χ0v) is 25.9. The smallest absolute Gasteiger partial charge is 0.235 e. The molecule has 2 saturated heterocycles. The van der Waals surface area contributed by atoms with Crippen LogP contribution in [0.25, 0.3) is 10.9 Å². The fourth-order valence-electron chi connectivity index (χ4n) is 6.59. The Hall–Kier alpha value is -4.71. The highest BCUT2D eigenvalue weighted by molar-refractivity contribution is 6.32. The number of carbonyl (C=O) groups excluding carboxylic acids is 3. The number of imide groups is 1. The molecular formula is C32H34ClN9O3. The topological polar surface area (TPSA) is 137 Å². The number of hydrogen-bond acceptors (Lipinski definition) is 9. The maximum absolute atomic E-state index is 12.5. The molecule has 3 N–H and O–H groups in total. The van der Waals surface area contributed by atoms with E-state index in [-0.39, 0.29) is 23.8 Å². The van der Waals surface area contributed by atoms with Gasteiger partial charge in [-0.05, 0) is 68.1 Å². The lowest BCUT2D eigenvalue weighted by Gasteiger charge is -2.33. The summed E-state index contributed by atoms with van der Waals surface area (Å²) in [6.45, 7) is 4.18. The van der Waals surface area contributed by atoms with Crippen LogP contribution < -0.4 is 25.8 Å². The Bertz CT molecular complexity index is 1830. The predicted octanol–water partition coefficient (Wildman–Crippen LogP) is 4.27. The molecule has 3 aliphatic rings. The number of nitrogens with one attached hydrogen (secondary N) is 3. The third-order valence-corrected chi connectivity index (χ3v) is 9.20. The zero-order valence-electron chi connectivity index (χ0n) is 25.1. The number of rotatable bonds is 7. The van der Waals surface area contributed by atoms with Crippen molar-refractivity contribution in [3.63, 3.8) is 0 Å². The van der Waals surface area contributed by atoms with Gasteiger partial charge < -0.3 is 20.4 Å². The number of amides is 3. The number of hydrogen-bond donors (Lipinski definition) is 3. The number of likely N-dealkylation sites (N-methyl/N-ethyl adjacent to an activating group) is 1. The fraction of sp³-hybridized carbons (Fsp3) is 0.375. The number of carbonyl (C=O) groups is 3. The summed E-state index contributed by atoms with van der Waals surface area (Å²) < 4.78 is 1.80. The van der Waals surface area contributed by atoms with Gasteiger partial charge in [0.25, 0.3) is 0 Å². The number of fused-ring (bicyclic) bond motifs is 2. The molecule has 7 rings (SSSR count). The van der Waals surface area contributed by atoms with E-state index in [1.54, 1.807) is 15.8 Å². The molecule has 12 nitrogen and oxygen atoms in total. The second-order valence-electron chi connectivity index (χ2n) is 11.8. The first-order chi connectivity index (χ1) is 21.8. The summed E-state index contributed by atoms with van der Waals surface area (Å²) in [4.78, 5) is 49.6. The van der Waals surface area contributed by atoms with Gasteiger partial charge in [0.05, 0.1) is 29.7 Å². The van der Waals surface area contributed by atoms with Crippen molar-refractivity contribution in [2.45, 2.75) is 51.0 Å².